The highest BCUT2D eigenvalue weighted by Gasteiger charge is 2.49. The zero-order valence-corrected chi connectivity index (χ0v) is 18.8. The molecule has 4 heterocycles. The van der Waals surface area contributed by atoms with Gasteiger partial charge in [0.25, 0.3) is 0 Å². The molecule has 3 aliphatic rings. The lowest BCUT2D eigenvalue weighted by Gasteiger charge is -2.36. The fourth-order valence-electron chi connectivity index (χ4n) is 4.56. The van der Waals surface area contributed by atoms with E-state index in [2.05, 4.69) is 15.3 Å². The van der Waals surface area contributed by atoms with Gasteiger partial charge in [-0.2, -0.15) is 4.98 Å². The predicted octanol–water partition coefficient (Wildman–Crippen LogP) is 1.56. The molecule has 0 radical (unpaired) electrons. The zero-order valence-electron chi connectivity index (χ0n) is 18.8. The maximum atomic E-state index is 12.5. The molecule has 4 rings (SSSR count). The summed E-state index contributed by atoms with van der Waals surface area (Å²) in [5, 5.41) is 12.4. The van der Waals surface area contributed by atoms with Gasteiger partial charge in [0.2, 0.25) is 17.7 Å². The number of carboxylic acids is 1. The number of hydrogen-bond acceptors (Lipinski definition) is 8. The molecule has 10 nitrogen and oxygen atoms in total. The molecular formula is C22H32N4O6. The van der Waals surface area contributed by atoms with Crippen LogP contribution >= 0.6 is 0 Å². The number of amides is 1. The molecule has 2 N–H and O–H groups in total. The fraction of sp³-hybridized carbons (Fsp3) is 0.727. The third kappa shape index (κ3) is 5.12. The van der Waals surface area contributed by atoms with E-state index in [1.54, 1.807) is 12.3 Å². The Morgan fingerprint density at radius 2 is 1.94 bits per heavy atom. The van der Waals surface area contributed by atoms with Gasteiger partial charge >= 0.3 is 5.97 Å². The van der Waals surface area contributed by atoms with Gasteiger partial charge in [-0.1, -0.05) is 20.8 Å². The van der Waals surface area contributed by atoms with Crippen molar-refractivity contribution in [3.05, 3.63) is 12.3 Å². The van der Waals surface area contributed by atoms with E-state index in [1.165, 1.54) is 0 Å². The van der Waals surface area contributed by atoms with Crippen LogP contribution in [0.1, 0.15) is 40.0 Å². The molecule has 0 unspecified atom stereocenters. The van der Waals surface area contributed by atoms with Crippen LogP contribution in [0.4, 0.5) is 5.95 Å². The van der Waals surface area contributed by atoms with Crippen LogP contribution in [0.5, 0.6) is 5.88 Å². The number of nitrogens with one attached hydrogen (secondary N) is 1. The normalized spacial score (nSPS) is 28.4. The second kappa shape index (κ2) is 9.19. The van der Waals surface area contributed by atoms with Gasteiger partial charge in [-0.25, -0.2) is 4.98 Å². The van der Waals surface area contributed by atoms with Crippen LogP contribution in [0.25, 0.3) is 0 Å². The molecule has 3 saturated heterocycles. The third-order valence-electron chi connectivity index (χ3n) is 6.21. The van der Waals surface area contributed by atoms with Gasteiger partial charge in [-0.15, -0.1) is 0 Å². The van der Waals surface area contributed by atoms with E-state index in [4.69, 9.17) is 19.3 Å². The smallest absolute Gasteiger partial charge is 0.303 e. The van der Waals surface area contributed by atoms with Crippen LogP contribution in [0, 0.1) is 11.3 Å². The molecule has 32 heavy (non-hydrogen) atoms. The summed E-state index contributed by atoms with van der Waals surface area (Å²) in [6.45, 7) is 7.94. The van der Waals surface area contributed by atoms with Crippen molar-refractivity contribution >= 4 is 17.8 Å². The molecule has 0 aromatic carbocycles. The van der Waals surface area contributed by atoms with E-state index in [-0.39, 0.29) is 48.0 Å². The van der Waals surface area contributed by atoms with E-state index < -0.39 is 5.97 Å². The van der Waals surface area contributed by atoms with E-state index in [0.29, 0.717) is 38.1 Å². The van der Waals surface area contributed by atoms with Gasteiger partial charge < -0.3 is 29.5 Å². The van der Waals surface area contributed by atoms with Gasteiger partial charge in [0.15, 0.2) is 6.10 Å². The highest BCUT2D eigenvalue weighted by Crippen LogP contribution is 2.34. The minimum atomic E-state index is -0.854. The van der Waals surface area contributed by atoms with Crippen LogP contribution < -0.4 is 10.1 Å². The molecule has 10 heteroatoms. The Hall–Kier alpha value is -2.46. The fourth-order valence-corrected chi connectivity index (χ4v) is 4.56. The van der Waals surface area contributed by atoms with Crippen molar-refractivity contribution in [2.24, 2.45) is 11.3 Å². The average molecular weight is 449 g/mol. The Labute approximate surface area is 187 Å². The lowest BCUT2D eigenvalue weighted by Crippen LogP contribution is -2.46. The van der Waals surface area contributed by atoms with Crippen molar-refractivity contribution in [2.75, 3.05) is 31.6 Å². The van der Waals surface area contributed by atoms with Gasteiger partial charge in [-0.3, -0.25) is 9.59 Å². The number of fused-ring (bicyclic) bond motifs is 1. The van der Waals surface area contributed by atoms with E-state index in [9.17, 15) is 9.59 Å². The first-order valence-corrected chi connectivity index (χ1v) is 11.2. The Balaban J connectivity index is 1.30. The SMILES string of the molecule is CC(C)(C)C(=O)N1CCC(Nc2nccc(O[C@H]3CO[C@@H]4[C@@H](CC(=O)O)CO[C@H]43)n2)CC1. The number of aromatic nitrogens is 2. The molecule has 0 saturated carbocycles. The topological polar surface area (TPSA) is 123 Å². The quantitative estimate of drug-likeness (QED) is 0.667. The number of rotatable bonds is 6. The van der Waals surface area contributed by atoms with Gasteiger partial charge in [0.1, 0.15) is 6.10 Å². The van der Waals surface area contributed by atoms with Gasteiger partial charge in [-0.05, 0) is 12.8 Å². The van der Waals surface area contributed by atoms with Crippen LogP contribution in [-0.4, -0.2) is 82.5 Å². The number of hydrogen-bond donors (Lipinski definition) is 2. The maximum absolute atomic E-state index is 12.5. The van der Waals surface area contributed by atoms with Crippen molar-refractivity contribution in [3.8, 4) is 5.88 Å². The summed E-state index contributed by atoms with van der Waals surface area (Å²) in [5.41, 5.74) is -0.366. The van der Waals surface area contributed by atoms with Crippen LogP contribution in [0.2, 0.25) is 0 Å². The lowest BCUT2D eigenvalue weighted by atomic mass is 9.93. The molecule has 0 spiro atoms. The van der Waals surface area contributed by atoms with Crippen molar-refractivity contribution < 1.29 is 28.9 Å². The summed E-state index contributed by atoms with van der Waals surface area (Å²) in [7, 11) is 0. The number of piperidine rings is 1. The number of carbonyl (C=O) groups is 2. The van der Waals surface area contributed by atoms with Crippen LogP contribution in [0.3, 0.4) is 0 Å². The number of anilines is 1. The first-order chi connectivity index (χ1) is 15.2. The van der Waals surface area contributed by atoms with Crippen LogP contribution in [-0.2, 0) is 19.1 Å². The van der Waals surface area contributed by atoms with Crippen molar-refractivity contribution in [1.29, 1.82) is 0 Å². The third-order valence-corrected chi connectivity index (χ3v) is 6.21. The second-order valence-electron chi connectivity index (χ2n) is 9.79. The summed E-state index contributed by atoms with van der Waals surface area (Å²) in [6, 6.07) is 1.87. The molecule has 3 fully saturated rings. The molecule has 1 amide bonds. The van der Waals surface area contributed by atoms with E-state index in [1.807, 2.05) is 25.7 Å². The zero-order chi connectivity index (χ0) is 22.9. The first-order valence-electron chi connectivity index (χ1n) is 11.2. The average Bonchev–Trinajstić information content (AvgIpc) is 3.31. The van der Waals surface area contributed by atoms with Crippen molar-refractivity contribution in [1.82, 2.24) is 14.9 Å². The minimum absolute atomic E-state index is 0.0234. The second-order valence-corrected chi connectivity index (χ2v) is 9.79. The van der Waals surface area contributed by atoms with E-state index >= 15 is 0 Å². The van der Waals surface area contributed by atoms with Gasteiger partial charge in [0.05, 0.1) is 25.7 Å². The Bertz CT molecular complexity index is 836. The Morgan fingerprint density at radius 3 is 2.62 bits per heavy atom. The summed E-state index contributed by atoms with van der Waals surface area (Å²) in [6.07, 6.45) is 2.42. The largest absolute Gasteiger partial charge is 0.481 e. The number of carbonyl (C=O) groups excluding carboxylic acids is 1. The summed E-state index contributed by atoms with van der Waals surface area (Å²) in [4.78, 5) is 34.2. The molecule has 3 aliphatic heterocycles. The van der Waals surface area contributed by atoms with Crippen LogP contribution in [0.15, 0.2) is 12.3 Å². The highest BCUT2D eigenvalue weighted by molar-refractivity contribution is 5.81. The number of carboxylic acid groups (broad SMARTS) is 1. The molecule has 4 atom stereocenters. The number of ether oxygens (including phenoxy) is 3. The summed E-state index contributed by atoms with van der Waals surface area (Å²) >= 11 is 0. The molecule has 0 aliphatic carbocycles. The first kappa shape index (κ1) is 22.7. The number of nitrogens with zero attached hydrogens (tertiary/aromatic N) is 3. The Kier molecular flexibility index (Phi) is 6.52. The lowest BCUT2D eigenvalue weighted by molar-refractivity contribution is -0.140. The molecule has 1 aromatic heterocycles. The molecule has 0 bridgehead atoms. The van der Waals surface area contributed by atoms with Crippen molar-refractivity contribution in [2.45, 2.75) is 64.4 Å². The molecule has 1 aromatic rings. The highest BCUT2D eigenvalue weighted by atomic mass is 16.6. The maximum Gasteiger partial charge on any atom is 0.303 e. The number of aliphatic carboxylic acids is 1. The standard InChI is InChI=1S/C22H32N4O6/c1-22(2,3)20(29)26-8-5-14(6-9-26)24-21-23-7-4-16(25-21)32-15-12-31-18-13(10-17(27)28)11-30-19(15)18/h4,7,13-15,18-19H,5-6,8-12H2,1-3H3,(H,27,28)(H,23,24,25)/t13-,15-,18+,19-/m0/s1. The molecule has 176 valence electrons. The molecular weight excluding hydrogens is 416 g/mol. The van der Waals surface area contributed by atoms with E-state index in [0.717, 1.165) is 12.8 Å². The minimum Gasteiger partial charge on any atom is -0.481 e. The summed E-state index contributed by atoms with van der Waals surface area (Å²) in [5.74, 6) is 0.0635. The summed E-state index contributed by atoms with van der Waals surface area (Å²) < 4.78 is 17.6. The number of likely N-dealkylation sites (tertiary alicyclic amines) is 1. The Morgan fingerprint density at radius 1 is 1.22 bits per heavy atom. The monoisotopic (exact) mass is 448 g/mol. The van der Waals surface area contributed by atoms with Crippen molar-refractivity contribution in [3.63, 3.8) is 0 Å². The predicted molar refractivity (Wildman–Crippen MR) is 114 cm³/mol. The van der Waals surface area contributed by atoms with Gasteiger partial charge in [0, 0.05) is 42.7 Å².